The number of likely N-dealkylation sites (N-methyl/N-ethyl adjacent to an activating group) is 1. The highest BCUT2D eigenvalue weighted by Gasteiger charge is 2.15. The summed E-state index contributed by atoms with van der Waals surface area (Å²) in [4.78, 5) is 4.63. The summed E-state index contributed by atoms with van der Waals surface area (Å²) in [6.07, 6.45) is 6.48. The van der Waals surface area contributed by atoms with Crippen LogP contribution in [0.3, 0.4) is 0 Å². The van der Waals surface area contributed by atoms with Crippen LogP contribution in [-0.2, 0) is 0 Å². The molecule has 3 rings (SSSR count). The molecule has 0 spiro atoms. The van der Waals surface area contributed by atoms with Crippen LogP contribution < -0.4 is 4.90 Å². The molecule has 4 heteroatoms. The maximum Gasteiger partial charge on any atom is 0.151 e. The molecule has 1 aliphatic carbocycles. The molecule has 0 atom stereocenters. The Morgan fingerprint density at radius 2 is 1.86 bits per heavy atom. The maximum atomic E-state index is 4.33. The van der Waals surface area contributed by atoms with Gasteiger partial charge in [0, 0.05) is 32.6 Å². The predicted molar refractivity (Wildman–Crippen MR) is 85.2 cm³/mol. The average Bonchev–Trinajstić information content (AvgIpc) is 3.02. The van der Waals surface area contributed by atoms with Gasteiger partial charge in [0.05, 0.1) is 0 Å². The SMILES string of the molecule is CN1CCN(c2ccc(C#CCC3CCCC3)nn2)CC1. The Bertz CT molecular complexity index is 500. The van der Waals surface area contributed by atoms with Crippen molar-refractivity contribution in [2.75, 3.05) is 38.1 Å². The average molecular weight is 284 g/mol. The number of aromatic nitrogens is 2. The van der Waals surface area contributed by atoms with Crippen LogP contribution in [0.2, 0.25) is 0 Å². The number of hydrogen-bond acceptors (Lipinski definition) is 4. The molecule has 0 unspecified atom stereocenters. The zero-order chi connectivity index (χ0) is 14.5. The first-order valence-electron chi connectivity index (χ1n) is 8.07. The predicted octanol–water partition coefficient (Wildman–Crippen LogP) is 2.16. The van der Waals surface area contributed by atoms with Gasteiger partial charge in [-0.1, -0.05) is 18.8 Å². The van der Waals surface area contributed by atoms with E-state index in [1.807, 2.05) is 6.07 Å². The molecule has 0 aromatic carbocycles. The van der Waals surface area contributed by atoms with E-state index in [4.69, 9.17) is 0 Å². The van der Waals surface area contributed by atoms with Crippen LogP contribution in [0.15, 0.2) is 12.1 Å². The van der Waals surface area contributed by atoms with Crippen molar-refractivity contribution in [3.63, 3.8) is 0 Å². The number of piperazine rings is 1. The first kappa shape index (κ1) is 14.3. The van der Waals surface area contributed by atoms with Gasteiger partial charge in [0.25, 0.3) is 0 Å². The molecule has 0 amide bonds. The van der Waals surface area contributed by atoms with Gasteiger partial charge >= 0.3 is 0 Å². The Balaban J connectivity index is 1.55. The van der Waals surface area contributed by atoms with Gasteiger partial charge in [0.2, 0.25) is 0 Å². The summed E-state index contributed by atoms with van der Waals surface area (Å²) in [5.41, 5.74) is 0.797. The highest BCUT2D eigenvalue weighted by Crippen LogP contribution is 2.26. The fourth-order valence-electron chi connectivity index (χ4n) is 3.10. The van der Waals surface area contributed by atoms with Crippen molar-refractivity contribution in [1.29, 1.82) is 0 Å². The molecule has 21 heavy (non-hydrogen) atoms. The topological polar surface area (TPSA) is 32.3 Å². The van der Waals surface area contributed by atoms with E-state index in [0.717, 1.165) is 50.0 Å². The van der Waals surface area contributed by atoms with E-state index in [0.29, 0.717) is 0 Å². The summed E-state index contributed by atoms with van der Waals surface area (Å²) in [6, 6.07) is 4.06. The standard InChI is InChI=1S/C17H24N4/c1-20-11-13-21(14-12-20)17-10-9-16(18-19-17)8-4-7-15-5-2-3-6-15/h9-10,15H,2-3,5-7,11-14H2,1H3. The first-order chi connectivity index (χ1) is 10.3. The third-order valence-electron chi connectivity index (χ3n) is 4.56. The molecule has 0 bridgehead atoms. The lowest BCUT2D eigenvalue weighted by Crippen LogP contribution is -2.44. The van der Waals surface area contributed by atoms with Gasteiger partial charge in [0.1, 0.15) is 5.69 Å². The molecule has 1 saturated carbocycles. The molecule has 2 heterocycles. The highest BCUT2D eigenvalue weighted by atomic mass is 15.3. The van der Waals surface area contributed by atoms with Crippen molar-refractivity contribution in [2.24, 2.45) is 5.92 Å². The number of hydrogen-bond donors (Lipinski definition) is 0. The van der Waals surface area contributed by atoms with Crippen molar-refractivity contribution in [2.45, 2.75) is 32.1 Å². The minimum Gasteiger partial charge on any atom is -0.353 e. The van der Waals surface area contributed by atoms with Crippen LogP contribution in [0, 0.1) is 17.8 Å². The van der Waals surface area contributed by atoms with Crippen LogP contribution in [0.4, 0.5) is 5.82 Å². The third kappa shape index (κ3) is 3.95. The lowest BCUT2D eigenvalue weighted by Gasteiger charge is -2.32. The zero-order valence-electron chi connectivity index (χ0n) is 12.9. The lowest BCUT2D eigenvalue weighted by atomic mass is 10.1. The van der Waals surface area contributed by atoms with E-state index < -0.39 is 0 Å². The molecule has 2 aliphatic rings. The normalized spacial score (nSPS) is 20.3. The largest absolute Gasteiger partial charge is 0.353 e. The van der Waals surface area contributed by atoms with Gasteiger partial charge in [-0.3, -0.25) is 0 Å². The van der Waals surface area contributed by atoms with Crippen molar-refractivity contribution in [1.82, 2.24) is 15.1 Å². The molecule has 4 nitrogen and oxygen atoms in total. The first-order valence-corrected chi connectivity index (χ1v) is 8.07. The van der Waals surface area contributed by atoms with Crippen molar-refractivity contribution in [3.8, 4) is 11.8 Å². The van der Waals surface area contributed by atoms with Gasteiger partial charge in [-0.05, 0) is 43.9 Å². The van der Waals surface area contributed by atoms with Crippen LogP contribution in [0.25, 0.3) is 0 Å². The Morgan fingerprint density at radius 3 is 2.52 bits per heavy atom. The van der Waals surface area contributed by atoms with E-state index in [1.54, 1.807) is 0 Å². The highest BCUT2D eigenvalue weighted by molar-refractivity contribution is 5.40. The second-order valence-electron chi connectivity index (χ2n) is 6.22. The fraction of sp³-hybridized carbons (Fsp3) is 0.647. The Kier molecular flexibility index (Phi) is 4.72. The second kappa shape index (κ2) is 6.91. The Hall–Kier alpha value is -1.60. The quantitative estimate of drug-likeness (QED) is 0.779. The van der Waals surface area contributed by atoms with E-state index in [-0.39, 0.29) is 0 Å². The molecular weight excluding hydrogens is 260 g/mol. The van der Waals surface area contributed by atoms with Gasteiger partial charge in [0.15, 0.2) is 5.82 Å². The molecule has 112 valence electrons. The minimum absolute atomic E-state index is 0.797. The molecule has 1 saturated heterocycles. The second-order valence-corrected chi connectivity index (χ2v) is 6.22. The van der Waals surface area contributed by atoms with Crippen LogP contribution >= 0.6 is 0 Å². The van der Waals surface area contributed by atoms with Gasteiger partial charge in [-0.2, -0.15) is 0 Å². The molecular formula is C17H24N4. The molecule has 0 N–H and O–H groups in total. The van der Waals surface area contributed by atoms with Gasteiger partial charge < -0.3 is 9.80 Å². The number of rotatable bonds is 2. The Morgan fingerprint density at radius 1 is 1.10 bits per heavy atom. The van der Waals surface area contributed by atoms with E-state index in [9.17, 15) is 0 Å². The fourth-order valence-corrected chi connectivity index (χ4v) is 3.10. The minimum atomic E-state index is 0.797. The van der Waals surface area contributed by atoms with Crippen LogP contribution in [0.5, 0.6) is 0 Å². The van der Waals surface area contributed by atoms with E-state index in [1.165, 1.54) is 25.7 Å². The maximum absolute atomic E-state index is 4.33. The van der Waals surface area contributed by atoms with Crippen LogP contribution in [-0.4, -0.2) is 48.3 Å². The summed E-state index contributed by atoms with van der Waals surface area (Å²) >= 11 is 0. The number of anilines is 1. The lowest BCUT2D eigenvalue weighted by molar-refractivity contribution is 0.312. The van der Waals surface area contributed by atoms with Crippen molar-refractivity contribution < 1.29 is 0 Å². The van der Waals surface area contributed by atoms with Crippen molar-refractivity contribution in [3.05, 3.63) is 17.8 Å². The smallest absolute Gasteiger partial charge is 0.151 e. The summed E-state index contributed by atoms with van der Waals surface area (Å²) < 4.78 is 0. The van der Waals surface area contributed by atoms with E-state index >= 15 is 0 Å². The zero-order valence-corrected chi connectivity index (χ0v) is 12.9. The van der Waals surface area contributed by atoms with Crippen molar-refractivity contribution >= 4 is 5.82 Å². The summed E-state index contributed by atoms with van der Waals surface area (Å²) in [5, 5.41) is 8.59. The summed E-state index contributed by atoms with van der Waals surface area (Å²) in [7, 11) is 2.16. The molecule has 1 aromatic rings. The summed E-state index contributed by atoms with van der Waals surface area (Å²) in [5.74, 6) is 8.23. The molecule has 1 aromatic heterocycles. The summed E-state index contributed by atoms with van der Waals surface area (Å²) in [6.45, 7) is 4.23. The van der Waals surface area contributed by atoms with E-state index in [2.05, 4.69) is 45.0 Å². The van der Waals surface area contributed by atoms with Crippen LogP contribution in [0.1, 0.15) is 37.8 Å². The monoisotopic (exact) mass is 284 g/mol. The Labute approximate surface area is 127 Å². The van der Waals surface area contributed by atoms with Gasteiger partial charge in [-0.25, -0.2) is 0 Å². The number of nitrogens with zero attached hydrogens (tertiary/aromatic N) is 4. The van der Waals surface area contributed by atoms with Gasteiger partial charge in [-0.15, -0.1) is 10.2 Å². The molecule has 0 radical (unpaired) electrons. The molecule has 2 fully saturated rings. The third-order valence-corrected chi connectivity index (χ3v) is 4.56. The molecule has 1 aliphatic heterocycles.